The number of ether oxygens (including phenoxy) is 2. The van der Waals surface area contributed by atoms with Crippen LogP contribution in [0.5, 0.6) is 11.5 Å². The van der Waals surface area contributed by atoms with Crippen LogP contribution in [-0.2, 0) is 6.61 Å². The van der Waals surface area contributed by atoms with E-state index in [2.05, 4.69) is 16.8 Å². The van der Waals surface area contributed by atoms with Crippen LogP contribution in [0.1, 0.15) is 12.6 Å². The van der Waals surface area contributed by atoms with Gasteiger partial charge in [-0.15, -0.1) is 0 Å². The molecule has 7 heteroatoms. The summed E-state index contributed by atoms with van der Waals surface area (Å²) in [5.74, 6) is 1.26. The van der Waals surface area contributed by atoms with Crippen molar-refractivity contribution in [3.8, 4) is 17.2 Å². The highest BCUT2D eigenvalue weighted by atomic mass is 35.5. The van der Waals surface area contributed by atoms with Crippen molar-refractivity contribution in [3.63, 3.8) is 0 Å². The monoisotopic (exact) mass is 413 g/mol. The second-order valence-electron chi connectivity index (χ2n) is 6.94. The maximum Gasteiger partial charge on any atom is 0.258 e. The first-order chi connectivity index (χ1) is 13.9. The largest absolute Gasteiger partial charge is 0.492 e. The fourth-order valence-electron chi connectivity index (χ4n) is 2.48. The van der Waals surface area contributed by atoms with Gasteiger partial charge in [-0.05, 0) is 63.5 Å². The summed E-state index contributed by atoms with van der Waals surface area (Å²) < 4.78 is 13.0. The van der Waals surface area contributed by atoms with Gasteiger partial charge in [-0.3, -0.25) is 14.3 Å². The molecule has 0 saturated heterocycles. The van der Waals surface area contributed by atoms with Crippen molar-refractivity contribution < 1.29 is 9.47 Å². The van der Waals surface area contributed by atoms with E-state index in [1.807, 2.05) is 38.4 Å². The quantitative estimate of drug-likeness (QED) is 0.562. The molecule has 6 nitrogen and oxygen atoms in total. The Kier molecular flexibility index (Phi) is 6.90. The van der Waals surface area contributed by atoms with Gasteiger partial charge in [0, 0.05) is 30.2 Å². The molecule has 0 fully saturated rings. The fraction of sp³-hybridized carbons (Fsp3) is 0.273. The van der Waals surface area contributed by atoms with E-state index in [1.165, 1.54) is 6.07 Å². The first-order valence-electron chi connectivity index (χ1n) is 9.28. The lowest BCUT2D eigenvalue weighted by molar-refractivity contribution is 0.198. The van der Waals surface area contributed by atoms with Crippen LogP contribution >= 0.6 is 11.6 Å². The third-order valence-electron chi connectivity index (χ3n) is 4.55. The number of rotatable bonds is 8. The van der Waals surface area contributed by atoms with E-state index in [9.17, 15) is 4.79 Å². The van der Waals surface area contributed by atoms with Crippen molar-refractivity contribution in [1.82, 2.24) is 14.5 Å². The molecule has 152 valence electrons. The normalized spacial score (nSPS) is 12.0. The Morgan fingerprint density at radius 2 is 1.83 bits per heavy atom. The molecule has 0 bridgehead atoms. The third kappa shape index (κ3) is 5.82. The number of likely N-dealkylation sites (N-methyl/N-ethyl adjacent to an activating group) is 1. The number of hydrogen-bond donors (Lipinski definition) is 0. The summed E-state index contributed by atoms with van der Waals surface area (Å²) in [6.07, 6.45) is 3.25. The molecule has 0 aliphatic carbocycles. The molecule has 0 radical (unpaired) electrons. The summed E-state index contributed by atoms with van der Waals surface area (Å²) in [5.41, 5.74) is 1.31. The van der Waals surface area contributed by atoms with Gasteiger partial charge in [-0.25, -0.2) is 0 Å². The summed E-state index contributed by atoms with van der Waals surface area (Å²) in [5, 5.41) is 0.569. The van der Waals surface area contributed by atoms with Crippen LogP contribution in [0.15, 0.2) is 65.7 Å². The zero-order valence-corrected chi connectivity index (χ0v) is 17.5. The lowest BCUT2D eigenvalue weighted by Gasteiger charge is -2.20. The predicted molar refractivity (Wildman–Crippen MR) is 114 cm³/mol. The maximum atomic E-state index is 12.5. The molecule has 3 aromatic rings. The van der Waals surface area contributed by atoms with Gasteiger partial charge in [0.1, 0.15) is 24.7 Å². The van der Waals surface area contributed by atoms with Gasteiger partial charge in [-0.2, -0.15) is 0 Å². The number of halogens is 1. The highest BCUT2D eigenvalue weighted by Crippen LogP contribution is 2.16. The number of hydrogen-bond acceptors (Lipinski definition) is 5. The zero-order valence-electron chi connectivity index (χ0n) is 16.7. The van der Waals surface area contributed by atoms with Crippen molar-refractivity contribution in [2.45, 2.75) is 19.6 Å². The van der Waals surface area contributed by atoms with Gasteiger partial charge in [0.15, 0.2) is 0 Å². The molecule has 29 heavy (non-hydrogen) atoms. The van der Waals surface area contributed by atoms with E-state index in [1.54, 1.807) is 35.2 Å². The second-order valence-corrected chi connectivity index (χ2v) is 7.38. The molecule has 0 amide bonds. The van der Waals surface area contributed by atoms with Crippen LogP contribution in [0.25, 0.3) is 5.69 Å². The molecular formula is C22H24ClN3O3. The number of nitrogens with zero attached hydrogens (tertiary/aromatic N) is 3. The lowest BCUT2D eigenvalue weighted by atomic mass is 10.3. The first kappa shape index (κ1) is 20.9. The Morgan fingerprint density at radius 1 is 1.07 bits per heavy atom. The lowest BCUT2D eigenvalue weighted by Crippen LogP contribution is -2.30. The predicted octanol–water partition coefficient (Wildman–Crippen LogP) is 3.79. The van der Waals surface area contributed by atoms with Gasteiger partial charge < -0.3 is 14.4 Å². The van der Waals surface area contributed by atoms with Crippen LogP contribution in [0.4, 0.5) is 0 Å². The summed E-state index contributed by atoms with van der Waals surface area (Å²) in [7, 11) is 4.03. The van der Waals surface area contributed by atoms with Crippen LogP contribution < -0.4 is 15.0 Å². The van der Waals surface area contributed by atoms with E-state index < -0.39 is 0 Å². The van der Waals surface area contributed by atoms with E-state index in [4.69, 9.17) is 21.1 Å². The Labute approximate surface area is 175 Å². The number of benzene rings is 1. The van der Waals surface area contributed by atoms with Crippen LogP contribution in [0, 0.1) is 0 Å². The Bertz CT molecular complexity index is 985. The smallest absolute Gasteiger partial charge is 0.258 e. The average molecular weight is 414 g/mol. The molecule has 2 heterocycles. The number of pyridine rings is 2. The second kappa shape index (κ2) is 9.58. The molecule has 0 spiro atoms. The van der Waals surface area contributed by atoms with Gasteiger partial charge in [-0.1, -0.05) is 11.6 Å². The standard InChI is InChI=1S/C22H24ClN3O3/c1-16(25(2)3)14-28-20-8-6-19(7-9-20)26-11-10-21(12-22(26)27)29-15-18-5-4-17(23)13-24-18/h4-13,16H,14-15H2,1-3H3/t16-/m1/s1. The van der Waals surface area contributed by atoms with E-state index in [0.717, 1.165) is 17.1 Å². The van der Waals surface area contributed by atoms with E-state index in [-0.39, 0.29) is 12.2 Å². The minimum atomic E-state index is -0.179. The van der Waals surface area contributed by atoms with Crippen LogP contribution in [0.2, 0.25) is 5.02 Å². The maximum absolute atomic E-state index is 12.5. The third-order valence-corrected chi connectivity index (χ3v) is 4.78. The summed E-state index contributed by atoms with van der Waals surface area (Å²) >= 11 is 5.82. The Hall–Kier alpha value is -2.83. The van der Waals surface area contributed by atoms with Gasteiger partial charge in [0.05, 0.1) is 10.7 Å². The van der Waals surface area contributed by atoms with E-state index >= 15 is 0 Å². The fourth-order valence-corrected chi connectivity index (χ4v) is 2.59. The zero-order chi connectivity index (χ0) is 20.8. The molecule has 0 saturated carbocycles. The SMILES string of the molecule is C[C@H](COc1ccc(-n2ccc(OCc3ccc(Cl)cn3)cc2=O)cc1)N(C)C. The van der Waals surface area contributed by atoms with Crippen molar-refractivity contribution in [3.05, 3.63) is 82.0 Å². The molecule has 0 aliphatic rings. The van der Waals surface area contributed by atoms with Gasteiger partial charge in [0.2, 0.25) is 0 Å². The number of aromatic nitrogens is 2. The summed E-state index contributed by atoms with van der Waals surface area (Å²) in [6, 6.07) is 14.5. The molecule has 3 rings (SSSR count). The molecule has 1 aromatic carbocycles. The van der Waals surface area contributed by atoms with Gasteiger partial charge >= 0.3 is 0 Å². The average Bonchev–Trinajstić information content (AvgIpc) is 2.72. The van der Waals surface area contributed by atoms with Crippen molar-refractivity contribution in [1.29, 1.82) is 0 Å². The van der Waals surface area contributed by atoms with Gasteiger partial charge in [0.25, 0.3) is 5.56 Å². The molecule has 1 atom stereocenters. The highest BCUT2D eigenvalue weighted by Gasteiger charge is 2.07. The molecule has 0 N–H and O–H groups in total. The van der Waals surface area contributed by atoms with Crippen molar-refractivity contribution >= 4 is 11.6 Å². The van der Waals surface area contributed by atoms with Crippen LogP contribution in [-0.4, -0.2) is 41.2 Å². The summed E-state index contributed by atoms with van der Waals surface area (Å²) in [4.78, 5) is 18.8. The Morgan fingerprint density at radius 3 is 2.45 bits per heavy atom. The molecule has 0 unspecified atom stereocenters. The minimum absolute atomic E-state index is 0.179. The first-order valence-corrected chi connectivity index (χ1v) is 9.66. The van der Waals surface area contributed by atoms with Crippen molar-refractivity contribution in [2.24, 2.45) is 0 Å². The van der Waals surface area contributed by atoms with Crippen molar-refractivity contribution in [2.75, 3.05) is 20.7 Å². The summed E-state index contributed by atoms with van der Waals surface area (Å²) in [6.45, 7) is 2.96. The molecule has 0 aliphatic heterocycles. The minimum Gasteiger partial charge on any atom is -0.492 e. The topological polar surface area (TPSA) is 56.6 Å². The molecular weight excluding hydrogens is 390 g/mol. The Balaban J connectivity index is 1.63. The van der Waals surface area contributed by atoms with E-state index in [0.29, 0.717) is 23.4 Å². The molecule has 2 aromatic heterocycles. The highest BCUT2D eigenvalue weighted by molar-refractivity contribution is 6.30. The van der Waals surface area contributed by atoms with Crippen LogP contribution in [0.3, 0.4) is 0 Å².